The van der Waals surface area contributed by atoms with E-state index < -0.39 is 0 Å². The van der Waals surface area contributed by atoms with Crippen molar-refractivity contribution in [2.45, 2.75) is 86.0 Å². The van der Waals surface area contributed by atoms with E-state index >= 15 is 0 Å². The Balaban J connectivity index is 0. The quantitative estimate of drug-likeness (QED) is 0.490. The van der Waals surface area contributed by atoms with Gasteiger partial charge in [-0.25, -0.2) is 0 Å². The zero-order valence-electron chi connectivity index (χ0n) is 13.2. The maximum atomic E-state index is 2.64. The van der Waals surface area contributed by atoms with E-state index in [0.29, 0.717) is 0 Å². The third kappa shape index (κ3) is 18.5. The van der Waals surface area contributed by atoms with E-state index in [1.54, 1.807) is 0 Å². The van der Waals surface area contributed by atoms with Gasteiger partial charge in [-0.15, -0.1) is 0 Å². The summed E-state index contributed by atoms with van der Waals surface area (Å²) in [6, 6.07) is 0. The van der Waals surface area contributed by atoms with Crippen LogP contribution in [0.15, 0.2) is 0 Å². The first-order valence-corrected chi connectivity index (χ1v) is 7.98. The number of rotatable bonds is 10. The van der Waals surface area contributed by atoms with Gasteiger partial charge in [0.1, 0.15) is 0 Å². The molecule has 0 atom stereocenters. The maximum Gasteiger partial charge on any atom is -0.00188 e. The molecule has 0 rings (SSSR count). The van der Waals surface area contributed by atoms with Crippen molar-refractivity contribution in [3.63, 3.8) is 0 Å². The lowest BCUT2D eigenvalue weighted by Gasteiger charge is -2.21. The lowest BCUT2D eigenvalue weighted by molar-refractivity contribution is 0.261. The topological polar surface area (TPSA) is 3.24 Å². The molecule has 0 spiro atoms. The summed E-state index contributed by atoms with van der Waals surface area (Å²) < 4.78 is 0. The van der Waals surface area contributed by atoms with Crippen LogP contribution in [0.4, 0.5) is 0 Å². The molecule has 0 bridgehead atoms. The summed E-state index contributed by atoms with van der Waals surface area (Å²) in [7, 11) is 0. The molecule has 0 aromatic heterocycles. The molecule has 0 fully saturated rings. The zero-order chi connectivity index (χ0) is 13.4. The summed E-state index contributed by atoms with van der Waals surface area (Å²) in [4.78, 5) is 2.64. The molecular formula is C16H37N. The average molecular weight is 243 g/mol. The van der Waals surface area contributed by atoms with E-state index in [1.807, 2.05) is 0 Å². The van der Waals surface area contributed by atoms with Crippen LogP contribution in [0.3, 0.4) is 0 Å². The first-order chi connectivity index (χ1) is 8.26. The molecule has 0 unspecified atom stereocenters. The summed E-state index contributed by atoms with van der Waals surface area (Å²) in [6.07, 6.45) is 10.7. The van der Waals surface area contributed by atoms with Gasteiger partial charge in [-0.05, 0) is 38.9 Å². The third-order valence-electron chi connectivity index (χ3n) is 2.98. The number of hydrogen-bond donors (Lipinski definition) is 0. The Morgan fingerprint density at radius 2 is 0.765 bits per heavy atom. The van der Waals surface area contributed by atoms with Crippen LogP contribution >= 0.6 is 0 Å². The molecule has 1 heteroatoms. The molecule has 17 heavy (non-hydrogen) atoms. The van der Waals surface area contributed by atoms with Crippen LogP contribution in [-0.2, 0) is 0 Å². The first kappa shape index (κ1) is 19.3. The molecule has 0 aromatic carbocycles. The Morgan fingerprint density at radius 1 is 0.471 bits per heavy atom. The van der Waals surface area contributed by atoms with Gasteiger partial charge >= 0.3 is 0 Å². The van der Waals surface area contributed by atoms with Gasteiger partial charge in [0.05, 0.1) is 0 Å². The molecule has 0 amide bonds. The molecule has 0 aliphatic carbocycles. The fourth-order valence-electron chi connectivity index (χ4n) is 1.48. The molecule has 0 aliphatic heterocycles. The standard InChI is InChI=1S/C12H27N.C4H10/c1-4-7-10-13(11-8-5-2)12-9-6-3;1-3-4-2/h4-12H2,1-3H3;3-4H2,1-2H3. The minimum atomic E-state index is 1.32. The number of hydrogen-bond acceptors (Lipinski definition) is 1. The van der Waals surface area contributed by atoms with Crippen LogP contribution < -0.4 is 0 Å². The van der Waals surface area contributed by atoms with E-state index in [4.69, 9.17) is 0 Å². The maximum absolute atomic E-state index is 2.64. The Hall–Kier alpha value is -0.0400. The molecule has 0 heterocycles. The lowest BCUT2D eigenvalue weighted by Crippen LogP contribution is -2.27. The average Bonchev–Trinajstić information content (AvgIpc) is 2.38. The normalized spacial score (nSPS) is 10.2. The Kier molecular flexibility index (Phi) is 20.8. The van der Waals surface area contributed by atoms with Crippen molar-refractivity contribution < 1.29 is 0 Å². The summed E-state index contributed by atoms with van der Waals surface area (Å²) in [6.45, 7) is 15.1. The SMILES string of the molecule is CCCC.CCCCN(CCCC)CCCC. The molecule has 0 aromatic rings. The van der Waals surface area contributed by atoms with E-state index in [9.17, 15) is 0 Å². The van der Waals surface area contributed by atoms with Crippen LogP contribution in [0, 0.1) is 0 Å². The van der Waals surface area contributed by atoms with Gasteiger partial charge in [-0.1, -0.05) is 66.7 Å². The van der Waals surface area contributed by atoms with Crippen molar-refractivity contribution in [1.29, 1.82) is 0 Å². The van der Waals surface area contributed by atoms with Crippen molar-refractivity contribution in [1.82, 2.24) is 4.90 Å². The monoisotopic (exact) mass is 243 g/mol. The Morgan fingerprint density at radius 3 is 0.941 bits per heavy atom. The van der Waals surface area contributed by atoms with E-state index in [1.165, 1.54) is 71.0 Å². The minimum Gasteiger partial charge on any atom is -0.303 e. The van der Waals surface area contributed by atoms with E-state index in [-0.39, 0.29) is 0 Å². The second kappa shape index (κ2) is 18.3. The van der Waals surface area contributed by atoms with Crippen LogP contribution in [0.5, 0.6) is 0 Å². The molecular weight excluding hydrogens is 206 g/mol. The van der Waals surface area contributed by atoms with Gasteiger partial charge in [0.2, 0.25) is 0 Å². The van der Waals surface area contributed by atoms with Crippen molar-refractivity contribution in [2.75, 3.05) is 19.6 Å². The zero-order valence-corrected chi connectivity index (χ0v) is 13.2. The van der Waals surface area contributed by atoms with Gasteiger partial charge in [0, 0.05) is 0 Å². The molecule has 106 valence electrons. The summed E-state index contributed by atoms with van der Waals surface area (Å²) in [5.74, 6) is 0. The fraction of sp³-hybridized carbons (Fsp3) is 1.00. The van der Waals surface area contributed by atoms with Crippen molar-refractivity contribution in [3.8, 4) is 0 Å². The van der Waals surface area contributed by atoms with E-state index in [2.05, 4.69) is 39.5 Å². The first-order valence-electron chi connectivity index (χ1n) is 7.98. The molecule has 0 radical (unpaired) electrons. The molecule has 0 aliphatic rings. The summed E-state index contributed by atoms with van der Waals surface area (Å²) in [5.41, 5.74) is 0. The largest absolute Gasteiger partial charge is 0.303 e. The Labute approximate surface area is 111 Å². The summed E-state index contributed by atoms with van der Waals surface area (Å²) in [5, 5.41) is 0. The van der Waals surface area contributed by atoms with Gasteiger partial charge in [0.25, 0.3) is 0 Å². The Bertz CT molecular complexity index is 91.1. The number of nitrogens with zero attached hydrogens (tertiary/aromatic N) is 1. The van der Waals surface area contributed by atoms with Gasteiger partial charge in [-0.3, -0.25) is 0 Å². The van der Waals surface area contributed by atoms with E-state index in [0.717, 1.165) is 0 Å². The van der Waals surface area contributed by atoms with Crippen LogP contribution in [0.1, 0.15) is 86.0 Å². The third-order valence-corrected chi connectivity index (χ3v) is 2.98. The highest BCUT2D eigenvalue weighted by atomic mass is 15.1. The van der Waals surface area contributed by atoms with Crippen molar-refractivity contribution in [3.05, 3.63) is 0 Å². The highest BCUT2D eigenvalue weighted by Crippen LogP contribution is 2.01. The smallest absolute Gasteiger partial charge is 0.00188 e. The molecule has 0 saturated heterocycles. The molecule has 0 N–H and O–H groups in total. The van der Waals surface area contributed by atoms with Gasteiger partial charge in [-0.2, -0.15) is 0 Å². The highest BCUT2D eigenvalue weighted by Gasteiger charge is 2.01. The predicted molar refractivity (Wildman–Crippen MR) is 81.7 cm³/mol. The van der Waals surface area contributed by atoms with Crippen molar-refractivity contribution in [2.24, 2.45) is 0 Å². The van der Waals surface area contributed by atoms with Crippen LogP contribution in [0.2, 0.25) is 0 Å². The fourth-order valence-corrected chi connectivity index (χ4v) is 1.48. The predicted octanol–water partition coefficient (Wildman–Crippen LogP) is 5.50. The van der Waals surface area contributed by atoms with Gasteiger partial charge < -0.3 is 4.90 Å². The minimum absolute atomic E-state index is 1.32. The molecule has 0 saturated carbocycles. The number of unbranched alkanes of at least 4 members (excludes halogenated alkanes) is 4. The summed E-state index contributed by atoms with van der Waals surface area (Å²) >= 11 is 0. The second-order valence-electron chi connectivity index (χ2n) is 4.90. The van der Waals surface area contributed by atoms with Gasteiger partial charge in [0.15, 0.2) is 0 Å². The van der Waals surface area contributed by atoms with Crippen LogP contribution in [-0.4, -0.2) is 24.5 Å². The lowest BCUT2D eigenvalue weighted by atomic mass is 10.2. The van der Waals surface area contributed by atoms with Crippen molar-refractivity contribution >= 4 is 0 Å². The second-order valence-corrected chi connectivity index (χ2v) is 4.90. The highest BCUT2D eigenvalue weighted by molar-refractivity contribution is 4.57. The van der Waals surface area contributed by atoms with Crippen LogP contribution in [0.25, 0.3) is 0 Å². The molecule has 1 nitrogen and oxygen atoms in total.